The lowest BCUT2D eigenvalue weighted by Crippen LogP contribution is -2.42. The molecule has 0 heterocycles. The zero-order valence-corrected chi connectivity index (χ0v) is 9.46. The van der Waals surface area contributed by atoms with Crippen LogP contribution in [-0.2, 0) is 0 Å². The molecule has 0 amide bonds. The Labute approximate surface area is 105 Å². The van der Waals surface area contributed by atoms with E-state index >= 15 is 0 Å². The molecule has 2 aromatic rings. The fourth-order valence-electron chi connectivity index (χ4n) is 1.74. The van der Waals surface area contributed by atoms with Gasteiger partial charge in [0.1, 0.15) is 0 Å². The SMILES string of the molecule is OC(c1ccc2ccccc2c1)C(F)(F)C(F)(F)F. The summed E-state index contributed by atoms with van der Waals surface area (Å²) in [4.78, 5) is 0. The van der Waals surface area contributed by atoms with Gasteiger partial charge in [-0.15, -0.1) is 0 Å². The predicted octanol–water partition coefficient (Wildman–Crippen LogP) is 4.07. The van der Waals surface area contributed by atoms with Crippen molar-refractivity contribution in [3.63, 3.8) is 0 Å². The Morgan fingerprint density at radius 2 is 1.42 bits per heavy atom. The summed E-state index contributed by atoms with van der Waals surface area (Å²) in [6.45, 7) is 0. The van der Waals surface area contributed by atoms with Crippen LogP contribution in [0.15, 0.2) is 42.5 Å². The lowest BCUT2D eigenvalue weighted by molar-refractivity contribution is -0.315. The van der Waals surface area contributed by atoms with Crippen molar-refractivity contribution in [2.24, 2.45) is 0 Å². The van der Waals surface area contributed by atoms with E-state index in [0.717, 1.165) is 12.1 Å². The fraction of sp³-hybridized carbons (Fsp3) is 0.231. The molecule has 2 rings (SSSR count). The van der Waals surface area contributed by atoms with Gasteiger partial charge in [-0.1, -0.05) is 36.4 Å². The number of benzene rings is 2. The minimum Gasteiger partial charge on any atom is -0.382 e. The van der Waals surface area contributed by atoms with E-state index in [1.807, 2.05) is 0 Å². The quantitative estimate of drug-likeness (QED) is 0.820. The van der Waals surface area contributed by atoms with Crippen molar-refractivity contribution in [1.29, 1.82) is 0 Å². The van der Waals surface area contributed by atoms with E-state index < -0.39 is 23.8 Å². The number of fused-ring (bicyclic) bond motifs is 1. The number of alkyl halides is 5. The van der Waals surface area contributed by atoms with Gasteiger partial charge in [0.25, 0.3) is 0 Å². The third-order valence-electron chi connectivity index (χ3n) is 2.81. The maximum absolute atomic E-state index is 13.0. The molecule has 0 aliphatic heterocycles. The molecule has 0 spiro atoms. The molecule has 1 unspecified atom stereocenters. The van der Waals surface area contributed by atoms with E-state index in [1.165, 1.54) is 6.07 Å². The largest absolute Gasteiger partial charge is 0.456 e. The molecule has 0 radical (unpaired) electrons. The summed E-state index contributed by atoms with van der Waals surface area (Å²) >= 11 is 0. The van der Waals surface area contributed by atoms with E-state index in [2.05, 4.69) is 0 Å². The summed E-state index contributed by atoms with van der Waals surface area (Å²) in [7, 11) is 0. The predicted molar refractivity (Wildman–Crippen MR) is 59.9 cm³/mol. The van der Waals surface area contributed by atoms with Gasteiger partial charge in [-0.2, -0.15) is 22.0 Å². The maximum Gasteiger partial charge on any atom is 0.456 e. The number of hydrogen-bond acceptors (Lipinski definition) is 1. The summed E-state index contributed by atoms with van der Waals surface area (Å²) in [5.41, 5.74) is -0.471. The molecule has 6 heteroatoms. The lowest BCUT2D eigenvalue weighted by Gasteiger charge is -2.25. The second-order valence-corrected chi connectivity index (χ2v) is 4.13. The standard InChI is InChI=1S/C13H9F5O/c14-12(15,13(16,17)18)11(19)10-6-5-8-3-1-2-4-9(8)7-10/h1-7,11,19H. The molecule has 1 atom stereocenters. The summed E-state index contributed by atoms with van der Waals surface area (Å²) in [5, 5.41) is 10.4. The van der Waals surface area contributed by atoms with Gasteiger partial charge in [0, 0.05) is 0 Å². The van der Waals surface area contributed by atoms with Crippen molar-refractivity contribution in [2.75, 3.05) is 0 Å². The Morgan fingerprint density at radius 1 is 0.842 bits per heavy atom. The normalized spacial score (nSPS) is 14.6. The summed E-state index contributed by atoms with van der Waals surface area (Å²) in [5.74, 6) is -5.19. The highest BCUT2D eigenvalue weighted by Crippen LogP contribution is 2.44. The van der Waals surface area contributed by atoms with Gasteiger partial charge >= 0.3 is 12.1 Å². The van der Waals surface area contributed by atoms with Gasteiger partial charge in [0.05, 0.1) is 0 Å². The Morgan fingerprint density at radius 3 is 2.00 bits per heavy atom. The molecule has 2 aromatic carbocycles. The summed E-state index contributed by atoms with van der Waals surface area (Å²) in [6, 6.07) is 10.2. The molecular weight excluding hydrogens is 267 g/mol. The van der Waals surface area contributed by atoms with Crippen LogP contribution in [0.1, 0.15) is 11.7 Å². The highest BCUT2D eigenvalue weighted by atomic mass is 19.4. The fourth-order valence-corrected chi connectivity index (χ4v) is 1.74. The van der Waals surface area contributed by atoms with Crippen LogP contribution in [0.2, 0.25) is 0 Å². The molecule has 0 aromatic heterocycles. The van der Waals surface area contributed by atoms with Crippen LogP contribution in [0, 0.1) is 0 Å². The van der Waals surface area contributed by atoms with E-state index in [0.29, 0.717) is 10.8 Å². The average molecular weight is 276 g/mol. The second-order valence-electron chi connectivity index (χ2n) is 4.13. The van der Waals surface area contributed by atoms with E-state index in [9.17, 15) is 27.1 Å². The zero-order chi connectivity index (χ0) is 14.3. The third kappa shape index (κ3) is 2.40. The first-order chi connectivity index (χ1) is 8.73. The second kappa shape index (κ2) is 4.45. The minimum absolute atomic E-state index is 0.471. The topological polar surface area (TPSA) is 20.2 Å². The number of hydrogen-bond donors (Lipinski definition) is 1. The van der Waals surface area contributed by atoms with Crippen molar-refractivity contribution in [3.05, 3.63) is 48.0 Å². The molecule has 19 heavy (non-hydrogen) atoms. The first-order valence-corrected chi connectivity index (χ1v) is 5.35. The minimum atomic E-state index is -5.79. The zero-order valence-electron chi connectivity index (χ0n) is 9.46. The van der Waals surface area contributed by atoms with Crippen molar-refractivity contribution >= 4 is 10.8 Å². The van der Waals surface area contributed by atoms with Crippen LogP contribution in [0.25, 0.3) is 10.8 Å². The third-order valence-corrected chi connectivity index (χ3v) is 2.81. The first kappa shape index (κ1) is 13.7. The summed E-state index contributed by atoms with van der Waals surface area (Å²) < 4.78 is 62.6. The molecule has 0 bridgehead atoms. The maximum atomic E-state index is 13.0. The molecule has 1 N–H and O–H groups in total. The van der Waals surface area contributed by atoms with Gasteiger partial charge in [-0.05, 0) is 22.4 Å². The van der Waals surface area contributed by atoms with Crippen molar-refractivity contribution in [3.8, 4) is 0 Å². The van der Waals surface area contributed by atoms with Gasteiger partial charge in [-0.3, -0.25) is 0 Å². The molecule has 0 saturated heterocycles. The highest BCUT2D eigenvalue weighted by Gasteiger charge is 2.62. The highest BCUT2D eigenvalue weighted by molar-refractivity contribution is 5.83. The van der Waals surface area contributed by atoms with E-state index in [-0.39, 0.29) is 0 Å². The molecular formula is C13H9F5O. The number of aliphatic hydroxyl groups excluding tert-OH is 1. The van der Waals surface area contributed by atoms with Gasteiger partial charge in [0.15, 0.2) is 6.10 Å². The number of aliphatic hydroxyl groups is 1. The number of rotatable bonds is 2. The van der Waals surface area contributed by atoms with E-state index in [4.69, 9.17) is 0 Å². The lowest BCUT2D eigenvalue weighted by atomic mass is 9.99. The van der Waals surface area contributed by atoms with Gasteiger partial charge in [-0.25, -0.2) is 0 Å². The van der Waals surface area contributed by atoms with Crippen LogP contribution < -0.4 is 0 Å². The molecule has 1 nitrogen and oxygen atoms in total. The van der Waals surface area contributed by atoms with E-state index in [1.54, 1.807) is 24.3 Å². The number of halogens is 5. The molecule has 0 aliphatic carbocycles. The summed E-state index contributed by atoms with van der Waals surface area (Å²) in [6.07, 6.45) is -8.71. The van der Waals surface area contributed by atoms with Gasteiger partial charge in [0.2, 0.25) is 0 Å². The van der Waals surface area contributed by atoms with Crippen LogP contribution >= 0.6 is 0 Å². The Bertz CT molecular complexity index is 591. The van der Waals surface area contributed by atoms with Crippen LogP contribution in [-0.4, -0.2) is 17.2 Å². The van der Waals surface area contributed by atoms with Crippen LogP contribution in [0.4, 0.5) is 22.0 Å². The molecule has 0 saturated carbocycles. The van der Waals surface area contributed by atoms with Crippen LogP contribution in [0.3, 0.4) is 0 Å². The van der Waals surface area contributed by atoms with Crippen molar-refractivity contribution in [1.82, 2.24) is 0 Å². The smallest absolute Gasteiger partial charge is 0.382 e. The molecule has 0 aliphatic rings. The Balaban J connectivity index is 2.44. The Hall–Kier alpha value is -1.69. The van der Waals surface area contributed by atoms with Crippen molar-refractivity contribution in [2.45, 2.75) is 18.2 Å². The monoisotopic (exact) mass is 276 g/mol. The van der Waals surface area contributed by atoms with Crippen LogP contribution in [0.5, 0.6) is 0 Å². The first-order valence-electron chi connectivity index (χ1n) is 5.35. The van der Waals surface area contributed by atoms with Crippen molar-refractivity contribution < 1.29 is 27.1 Å². The molecule has 102 valence electrons. The average Bonchev–Trinajstić information content (AvgIpc) is 2.36. The molecule has 0 fully saturated rings. The van der Waals surface area contributed by atoms with Gasteiger partial charge < -0.3 is 5.11 Å². The Kier molecular flexibility index (Phi) is 3.22.